The van der Waals surface area contributed by atoms with Crippen LogP contribution in [0, 0.1) is 5.92 Å². The Hall–Kier alpha value is -2.38. The van der Waals surface area contributed by atoms with Gasteiger partial charge in [0.15, 0.2) is 0 Å². The van der Waals surface area contributed by atoms with Crippen molar-refractivity contribution in [2.45, 2.75) is 12.2 Å². The molecule has 2 aromatic rings. The first-order valence-electron chi connectivity index (χ1n) is 7.76. The highest BCUT2D eigenvalue weighted by molar-refractivity contribution is 7.88. The number of hydrogen-bond acceptors (Lipinski definition) is 4. The molecule has 134 valence electrons. The second-order valence-electron chi connectivity index (χ2n) is 5.68. The Bertz CT molecular complexity index is 788. The number of hydrogen-bond donors (Lipinski definition) is 2. The van der Waals surface area contributed by atoms with Gasteiger partial charge in [0, 0.05) is 6.54 Å². The monoisotopic (exact) mass is 363 g/mol. The van der Waals surface area contributed by atoms with E-state index >= 15 is 0 Å². The summed E-state index contributed by atoms with van der Waals surface area (Å²) in [5.41, 5.74) is 1.45. The Kier molecular flexibility index (Phi) is 6.55. The van der Waals surface area contributed by atoms with Gasteiger partial charge >= 0.3 is 5.97 Å². The van der Waals surface area contributed by atoms with Gasteiger partial charge in [0.25, 0.3) is 0 Å². The average Bonchev–Trinajstić information content (AvgIpc) is 2.59. The first kappa shape index (κ1) is 19.0. The van der Waals surface area contributed by atoms with E-state index in [4.69, 9.17) is 4.74 Å². The second kappa shape index (κ2) is 8.64. The van der Waals surface area contributed by atoms with Crippen molar-refractivity contribution in [1.29, 1.82) is 0 Å². The van der Waals surface area contributed by atoms with E-state index in [0.717, 1.165) is 5.56 Å². The highest BCUT2D eigenvalue weighted by atomic mass is 32.2. The molecule has 0 aliphatic carbocycles. The standard InChI is InChI=1S/C18H21NO5S/c1-24-17-9-7-14(8-10-17)11-16(18(20)21)12-19-25(22,23)13-15-5-3-2-4-6-15/h2-10,16,19H,11-13H2,1H3,(H,20,21)/t16-/m1/s1. The lowest BCUT2D eigenvalue weighted by molar-refractivity contribution is -0.141. The predicted octanol–water partition coefficient (Wildman–Crippen LogP) is 2.06. The summed E-state index contributed by atoms with van der Waals surface area (Å²) in [7, 11) is -2.05. The molecule has 0 saturated heterocycles. The zero-order valence-electron chi connectivity index (χ0n) is 13.9. The third-order valence-corrected chi connectivity index (χ3v) is 5.06. The SMILES string of the molecule is COc1ccc(C[C@H](CNS(=O)(=O)Cc2ccccc2)C(=O)O)cc1. The largest absolute Gasteiger partial charge is 0.497 e. The minimum absolute atomic E-state index is 0.156. The van der Waals surface area contributed by atoms with Crippen LogP contribution in [0.5, 0.6) is 5.75 Å². The van der Waals surface area contributed by atoms with E-state index in [-0.39, 0.29) is 18.7 Å². The molecule has 1 atom stereocenters. The summed E-state index contributed by atoms with van der Waals surface area (Å²) in [5, 5.41) is 9.36. The van der Waals surface area contributed by atoms with Crippen LogP contribution in [-0.4, -0.2) is 33.1 Å². The molecule has 0 radical (unpaired) electrons. The van der Waals surface area contributed by atoms with Crippen LogP contribution in [-0.2, 0) is 27.0 Å². The molecule has 0 saturated carbocycles. The Morgan fingerprint density at radius 3 is 2.28 bits per heavy atom. The van der Waals surface area contributed by atoms with E-state index in [9.17, 15) is 18.3 Å². The number of carboxylic acids is 1. The minimum Gasteiger partial charge on any atom is -0.497 e. The van der Waals surface area contributed by atoms with Gasteiger partial charge in [0.05, 0.1) is 18.8 Å². The number of methoxy groups -OCH3 is 1. The number of sulfonamides is 1. The Balaban J connectivity index is 1.97. The van der Waals surface area contributed by atoms with Crippen molar-refractivity contribution in [3.8, 4) is 5.75 Å². The molecule has 0 aliphatic rings. The van der Waals surface area contributed by atoms with E-state index in [2.05, 4.69) is 4.72 Å². The number of benzene rings is 2. The smallest absolute Gasteiger partial charge is 0.308 e. The zero-order valence-corrected chi connectivity index (χ0v) is 14.7. The summed E-state index contributed by atoms with van der Waals surface area (Å²) in [6.45, 7) is -0.156. The molecule has 0 heterocycles. The molecule has 0 amide bonds. The van der Waals surface area contributed by atoms with E-state index in [1.807, 2.05) is 0 Å². The maximum absolute atomic E-state index is 12.1. The van der Waals surface area contributed by atoms with Crippen molar-refractivity contribution in [3.63, 3.8) is 0 Å². The van der Waals surface area contributed by atoms with E-state index in [1.54, 1.807) is 61.7 Å². The number of aliphatic carboxylic acids is 1. The predicted molar refractivity (Wildman–Crippen MR) is 94.9 cm³/mol. The molecule has 0 spiro atoms. The lowest BCUT2D eigenvalue weighted by Gasteiger charge is -2.14. The Morgan fingerprint density at radius 2 is 1.72 bits per heavy atom. The molecule has 7 heteroatoms. The van der Waals surface area contributed by atoms with Crippen LogP contribution in [0.1, 0.15) is 11.1 Å². The van der Waals surface area contributed by atoms with Crippen molar-refractivity contribution in [3.05, 3.63) is 65.7 Å². The normalized spacial score (nSPS) is 12.5. The first-order valence-corrected chi connectivity index (χ1v) is 9.42. The van der Waals surface area contributed by atoms with Crippen LogP contribution in [0.4, 0.5) is 0 Å². The maximum atomic E-state index is 12.1. The molecule has 0 fully saturated rings. The third kappa shape index (κ3) is 6.21. The van der Waals surface area contributed by atoms with Crippen LogP contribution < -0.4 is 9.46 Å². The quantitative estimate of drug-likeness (QED) is 0.711. The lowest BCUT2D eigenvalue weighted by Crippen LogP contribution is -2.34. The van der Waals surface area contributed by atoms with Gasteiger partial charge in [-0.25, -0.2) is 13.1 Å². The van der Waals surface area contributed by atoms with Gasteiger partial charge in [0.1, 0.15) is 5.75 Å². The number of carbonyl (C=O) groups is 1. The number of rotatable bonds is 9. The van der Waals surface area contributed by atoms with Gasteiger partial charge in [-0.15, -0.1) is 0 Å². The molecule has 0 aromatic heterocycles. The Morgan fingerprint density at radius 1 is 1.08 bits per heavy atom. The highest BCUT2D eigenvalue weighted by Gasteiger charge is 2.21. The molecular weight excluding hydrogens is 342 g/mol. The van der Waals surface area contributed by atoms with E-state index < -0.39 is 21.9 Å². The summed E-state index contributed by atoms with van der Waals surface area (Å²) in [5.74, 6) is -1.39. The van der Waals surface area contributed by atoms with Gasteiger partial charge in [-0.3, -0.25) is 4.79 Å². The van der Waals surface area contributed by atoms with Crippen molar-refractivity contribution in [1.82, 2.24) is 4.72 Å². The van der Waals surface area contributed by atoms with Crippen LogP contribution in [0.25, 0.3) is 0 Å². The summed E-state index contributed by atoms with van der Waals surface area (Å²) in [6.07, 6.45) is 0.229. The fourth-order valence-electron chi connectivity index (χ4n) is 2.37. The van der Waals surface area contributed by atoms with Crippen LogP contribution in [0.15, 0.2) is 54.6 Å². The topological polar surface area (TPSA) is 92.7 Å². The molecule has 2 rings (SSSR count). The molecule has 0 aliphatic heterocycles. The summed E-state index contributed by atoms with van der Waals surface area (Å²) in [6, 6.07) is 15.8. The maximum Gasteiger partial charge on any atom is 0.308 e. The van der Waals surface area contributed by atoms with Gasteiger partial charge in [-0.1, -0.05) is 42.5 Å². The molecule has 2 aromatic carbocycles. The molecule has 25 heavy (non-hydrogen) atoms. The van der Waals surface area contributed by atoms with Gasteiger partial charge in [-0.2, -0.15) is 0 Å². The number of nitrogens with one attached hydrogen (secondary N) is 1. The van der Waals surface area contributed by atoms with Crippen molar-refractivity contribution < 1.29 is 23.1 Å². The fraction of sp³-hybridized carbons (Fsp3) is 0.278. The zero-order chi connectivity index (χ0) is 18.3. The van der Waals surface area contributed by atoms with E-state index in [1.165, 1.54) is 0 Å². The van der Waals surface area contributed by atoms with Crippen molar-refractivity contribution >= 4 is 16.0 Å². The summed E-state index contributed by atoms with van der Waals surface area (Å²) < 4.78 is 31.7. The molecule has 0 bridgehead atoms. The first-order chi connectivity index (χ1) is 11.9. The number of carboxylic acid groups (broad SMARTS) is 1. The van der Waals surface area contributed by atoms with Crippen molar-refractivity contribution in [2.75, 3.05) is 13.7 Å². The second-order valence-corrected chi connectivity index (χ2v) is 7.49. The molecule has 6 nitrogen and oxygen atoms in total. The highest BCUT2D eigenvalue weighted by Crippen LogP contribution is 2.15. The molecular formula is C18H21NO5S. The van der Waals surface area contributed by atoms with Crippen molar-refractivity contribution in [2.24, 2.45) is 5.92 Å². The summed E-state index contributed by atoms with van der Waals surface area (Å²) in [4.78, 5) is 11.4. The molecule has 2 N–H and O–H groups in total. The van der Waals surface area contributed by atoms with Gasteiger partial charge in [0.2, 0.25) is 10.0 Å². The van der Waals surface area contributed by atoms with Crippen LogP contribution in [0.3, 0.4) is 0 Å². The minimum atomic E-state index is -3.60. The van der Waals surface area contributed by atoms with Crippen LogP contribution >= 0.6 is 0 Å². The van der Waals surface area contributed by atoms with Crippen LogP contribution in [0.2, 0.25) is 0 Å². The Labute approximate surface area is 147 Å². The third-order valence-electron chi connectivity index (χ3n) is 3.74. The lowest BCUT2D eigenvalue weighted by atomic mass is 10.00. The van der Waals surface area contributed by atoms with E-state index in [0.29, 0.717) is 11.3 Å². The average molecular weight is 363 g/mol. The fourth-order valence-corrected chi connectivity index (χ4v) is 3.55. The molecule has 0 unspecified atom stereocenters. The summed E-state index contributed by atoms with van der Waals surface area (Å²) >= 11 is 0. The number of ether oxygens (including phenoxy) is 1. The van der Waals surface area contributed by atoms with Gasteiger partial charge < -0.3 is 9.84 Å². The van der Waals surface area contributed by atoms with Gasteiger partial charge in [-0.05, 0) is 29.7 Å².